The number of carbonyl (C=O) groups excluding carboxylic acids is 1. The lowest BCUT2D eigenvalue weighted by Crippen LogP contribution is -2.47. The molecule has 2 amide bonds. The number of nitrogens with one attached hydrogen (secondary N) is 2. The standard InChI is InChI=1S/C17H24N6O/c1-12-4-3-5-15(13(12)2)22-17(24)20-9-14-6-7-16(19-8-14)23-11-18-10-21-23/h6-8,10-13,15H,3-5,9H2,1-2H3,(H2,20,22,24)/t12-,13+,15-/m1/s1. The Labute approximate surface area is 141 Å². The minimum atomic E-state index is -0.110. The Hall–Kier alpha value is -2.44. The number of nitrogens with zero attached hydrogens (tertiary/aromatic N) is 4. The Balaban J connectivity index is 1.49. The van der Waals surface area contributed by atoms with Gasteiger partial charge in [0.15, 0.2) is 5.82 Å². The van der Waals surface area contributed by atoms with Crippen molar-refractivity contribution in [2.75, 3.05) is 0 Å². The normalized spacial score (nSPS) is 23.7. The largest absolute Gasteiger partial charge is 0.335 e. The van der Waals surface area contributed by atoms with Gasteiger partial charge in [-0.1, -0.05) is 32.8 Å². The third-order valence-electron chi connectivity index (χ3n) is 4.94. The molecule has 24 heavy (non-hydrogen) atoms. The fraction of sp³-hybridized carbons (Fsp3) is 0.529. The van der Waals surface area contributed by atoms with E-state index in [9.17, 15) is 4.79 Å². The van der Waals surface area contributed by atoms with E-state index in [0.29, 0.717) is 24.2 Å². The molecular formula is C17H24N6O. The lowest BCUT2D eigenvalue weighted by atomic mass is 9.78. The second kappa shape index (κ2) is 7.42. The van der Waals surface area contributed by atoms with Gasteiger partial charge in [0.05, 0.1) is 0 Å². The molecule has 128 valence electrons. The SMILES string of the molecule is C[C@H]1[C@H](C)CCC[C@H]1NC(=O)NCc1ccc(-n2cncn2)nc1. The van der Waals surface area contributed by atoms with Crippen molar-refractivity contribution < 1.29 is 4.79 Å². The average Bonchev–Trinajstić information content (AvgIpc) is 3.12. The molecule has 0 aromatic carbocycles. The molecule has 7 nitrogen and oxygen atoms in total. The van der Waals surface area contributed by atoms with Crippen LogP contribution in [0, 0.1) is 11.8 Å². The fourth-order valence-corrected chi connectivity index (χ4v) is 3.17. The zero-order chi connectivity index (χ0) is 16.9. The van der Waals surface area contributed by atoms with E-state index in [-0.39, 0.29) is 12.1 Å². The summed E-state index contributed by atoms with van der Waals surface area (Å²) in [6.45, 7) is 4.94. The maximum Gasteiger partial charge on any atom is 0.315 e. The molecule has 1 aliphatic rings. The highest BCUT2D eigenvalue weighted by atomic mass is 16.2. The highest BCUT2D eigenvalue weighted by Crippen LogP contribution is 2.29. The quantitative estimate of drug-likeness (QED) is 0.902. The predicted octanol–water partition coefficient (Wildman–Crippen LogP) is 2.29. The van der Waals surface area contributed by atoms with E-state index in [1.807, 2.05) is 12.1 Å². The van der Waals surface area contributed by atoms with Crippen LogP contribution in [0.1, 0.15) is 38.7 Å². The second-order valence-electron chi connectivity index (χ2n) is 6.57. The third kappa shape index (κ3) is 3.90. The summed E-state index contributed by atoms with van der Waals surface area (Å²) in [5.74, 6) is 1.89. The number of urea groups is 1. The third-order valence-corrected chi connectivity index (χ3v) is 4.94. The zero-order valence-electron chi connectivity index (χ0n) is 14.1. The highest BCUT2D eigenvalue weighted by Gasteiger charge is 2.27. The monoisotopic (exact) mass is 328 g/mol. The summed E-state index contributed by atoms with van der Waals surface area (Å²) in [7, 11) is 0. The summed E-state index contributed by atoms with van der Waals surface area (Å²) >= 11 is 0. The fourth-order valence-electron chi connectivity index (χ4n) is 3.17. The first-order valence-corrected chi connectivity index (χ1v) is 8.48. The summed E-state index contributed by atoms with van der Waals surface area (Å²) in [5, 5.41) is 10.1. The maximum absolute atomic E-state index is 12.1. The molecule has 3 atom stereocenters. The Morgan fingerprint density at radius 3 is 2.92 bits per heavy atom. The lowest BCUT2D eigenvalue weighted by molar-refractivity contribution is 0.195. The van der Waals surface area contributed by atoms with E-state index in [2.05, 4.69) is 39.5 Å². The van der Waals surface area contributed by atoms with Crippen LogP contribution in [0.5, 0.6) is 0 Å². The van der Waals surface area contributed by atoms with Crippen molar-refractivity contribution in [3.8, 4) is 5.82 Å². The molecule has 2 aromatic heterocycles. The molecule has 7 heteroatoms. The van der Waals surface area contributed by atoms with Crippen molar-refractivity contribution in [2.45, 2.75) is 45.7 Å². The van der Waals surface area contributed by atoms with Crippen LogP contribution in [0.15, 0.2) is 31.0 Å². The van der Waals surface area contributed by atoms with Gasteiger partial charge in [-0.3, -0.25) is 0 Å². The molecule has 0 bridgehead atoms. The van der Waals surface area contributed by atoms with Crippen LogP contribution < -0.4 is 10.6 Å². The number of rotatable bonds is 4. The molecule has 3 rings (SSSR count). The smallest absolute Gasteiger partial charge is 0.315 e. The van der Waals surface area contributed by atoms with Gasteiger partial charge in [0.25, 0.3) is 0 Å². The van der Waals surface area contributed by atoms with E-state index in [4.69, 9.17) is 0 Å². The van der Waals surface area contributed by atoms with Gasteiger partial charge < -0.3 is 10.6 Å². The Morgan fingerprint density at radius 1 is 1.33 bits per heavy atom. The van der Waals surface area contributed by atoms with Crippen LogP contribution in [-0.2, 0) is 6.54 Å². The first kappa shape index (κ1) is 16.4. The molecule has 1 aliphatic carbocycles. The van der Waals surface area contributed by atoms with Crippen molar-refractivity contribution in [2.24, 2.45) is 11.8 Å². The van der Waals surface area contributed by atoms with Crippen molar-refractivity contribution in [1.29, 1.82) is 0 Å². The summed E-state index contributed by atoms with van der Waals surface area (Å²) in [6, 6.07) is 3.94. The van der Waals surface area contributed by atoms with E-state index in [1.54, 1.807) is 17.2 Å². The van der Waals surface area contributed by atoms with Crippen LogP contribution in [0.4, 0.5) is 4.79 Å². The van der Waals surface area contributed by atoms with Crippen LogP contribution in [0.3, 0.4) is 0 Å². The van der Waals surface area contributed by atoms with E-state index >= 15 is 0 Å². The Kier molecular flexibility index (Phi) is 5.08. The molecule has 1 saturated carbocycles. The number of hydrogen-bond acceptors (Lipinski definition) is 4. The molecule has 0 aliphatic heterocycles. The predicted molar refractivity (Wildman–Crippen MR) is 90.5 cm³/mol. The van der Waals surface area contributed by atoms with Gasteiger partial charge in [-0.2, -0.15) is 5.10 Å². The lowest BCUT2D eigenvalue weighted by Gasteiger charge is -2.34. The number of hydrogen-bond donors (Lipinski definition) is 2. The topological polar surface area (TPSA) is 84.7 Å². The van der Waals surface area contributed by atoms with Crippen LogP contribution in [0.25, 0.3) is 5.82 Å². The molecule has 0 saturated heterocycles. The minimum absolute atomic E-state index is 0.110. The van der Waals surface area contributed by atoms with Crippen molar-refractivity contribution in [3.63, 3.8) is 0 Å². The van der Waals surface area contributed by atoms with Gasteiger partial charge in [0, 0.05) is 18.8 Å². The highest BCUT2D eigenvalue weighted by molar-refractivity contribution is 5.74. The second-order valence-corrected chi connectivity index (χ2v) is 6.57. The molecule has 2 aromatic rings. The van der Waals surface area contributed by atoms with Crippen molar-refractivity contribution in [1.82, 2.24) is 30.4 Å². The molecule has 2 heterocycles. The summed E-state index contributed by atoms with van der Waals surface area (Å²) < 4.78 is 1.59. The molecule has 0 unspecified atom stereocenters. The van der Waals surface area contributed by atoms with Gasteiger partial charge in [0.2, 0.25) is 0 Å². The van der Waals surface area contributed by atoms with E-state index < -0.39 is 0 Å². The van der Waals surface area contributed by atoms with Crippen molar-refractivity contribution >= 4 is 6.03 Å². The van der Waals surface area contributed by atoms with Gasteiger partial charge >= 0.3 is 6.03 Å². The summed E-state index contributed by atoms with van der Waals surface area (Å²) in [5.41, 5.74) is 0.944. The van der Waals surface area contributed by atoms with Gasteiger partial charge in [-0.15, -0.1) is 0 Å². The zero-order valence-corrected chi connectivity index (χ0v) is 14.1. The maximum atomic E-state index is 12.1. The van der Waals surface area contributed by atoms with Crippen LogP contribution in [-0.4, -0.2) is 31.8 Å². The summed E-state index contributed by atoms with van der Waals surface area (Å²) in [4.78, 5) is 20.3. The molecular weight excluding hydrogens is 304 g/mol. The Morgan fingerprint density at radius 2 is 2.21 bits per heavy atom. The Bertz CT molecular complexity index is 654. The van der Waals surface area contributed by atoms with Crippen LogP contribution >= 0.6 is 0 Å². The first-order valence-electron chi connectivity index (χ1n) is 8.48. The van der Waals surface area contributed by atoms with Gasteiger partial charge in [-0.25, -0.2) is 19.4 Å². The minimum Gasteiger partial charge on any atom is -0.335 e. The first-order chi connectivity index (χ1) is 11.6. The number of amides is 2. The molecule has 1 fully saturated rings. The average molecular weight is 328 g/mol. The van der Waals surface area contributed by atoms with Crippen LogP contribution in [0.2, 0.25) is 0 Å². The number of aromatic nitrogens is 4. The number of carbonyl (C=O) groups is 1. The van der Waals surface area contributed by atoms with Gasteiger partial charge in [0.1, 0.15) is 12.7 Å². The van der Waals surface area contributed by atoms with Crippen molar-refractivity contribution in [3.05, 3.63) is 36.5 Å². The molecule has 0 spiro atoms. The summed E-state index contributed by atoms with van der Waals surface area (Å²) in [6.07, 6.45) is 8.30. The molecule has 0 radical (unpaired) electrons. The van der Waals surface area contributed by atoms with E-state index in [0.717, 1.165) is 12.0 Å². The van der Waals surface area contributed by atoms with E-state index in [1.165, 1.54) is 19.2 Å². The van der Waals surface area contributed by atoms with Gasteiger partial charge in [-0.05, 0) is 29.9 Å². The number of pyridine rings is 1. The molecule has 2 N–H and O–H groups in total.